The van der Waals surface area contributed by atoms with Crippen molar-refractivity contribution in [2.75, 3.05) is 18.5 Å². The number of nitrogens with one attached hydrogen (secondary N) is 1. The number of rotatable bonds is 3. The first-order chi connectivity index (χ1) is 9.12. The maximum absolute atomic E-state index is 5.75. The first kappa shape index (κ1) is 12.4. The Balaban J connectivity index is 1.66. The van der Waals surface area contributed by atoms with Gasteiger partial charge in [-0.25, -0.2) is 4.98 Å². The number of benzene rings is 1. The van der Waals surface area contributed by atoms with Gasteiger partial charge < -0.3 is 14.8 Å². The lowest BCUT2D eigenvalue weighted by atomic mass is 10.2. The molecule has 0 spiro atoms. The van der Waals surface area contributed by atoms with Crippen molar-refractivity contribution in [2.24, 2.45) is 0 Å². The summed E-state index contributed by atoms with van der Waals surface area (Å²) in [6, 6.07) is 12.1. The number of aromatic nitrogens is 1. The Morgan fingerprint density at radius 2 is 2.11 bits per heavy atom. The highest BCUT2D eigenvalue weighted by Crippen LogP contribution is 2.22. The van der Waals surface area contributed by atoms with E-state index in [0.29, 0.717) is 13.2 Å². The zero-order valence-corrected chi connectivity index (χ0v) is 11.2. The molecule has 1 atom stereocenters. The zero-order chi connectivity index (χ0) is 13.3. The minimum atomic E-state index is -0.469. The van der Waals surface area contributed by atoms with Gasteiger partial charge in [-0.05, 0) is 32.0 Å². The first-order valence-corrected chi connectivity index (χ1v) is 6.54. The van der Waals surface area contributed by atoms with E-state index in [-0.39, 0.29) is 6.10 Å². The summed E-state index contributed by atoms with van der Waals surface area (Å²) in [6.45, 7) is 5.19. The van der Waals surface area contributed by atoms with Gasteiger partial charge >= 0.3 is 0 Å². The fourth-order valence-electron chi connectivity index (χ4n) is 2.25. The summed E-state index contributed by atoms with van der Waals surface area (Å²) < 4.78 is 11.3. The predicted molar refractivity (Wildman–Crippen MR) is 75.1 cm³/mol. The van der Waals surface area contributed by atoms with Crippen LogP contribution in [0.15, 0.2) is 36.4 Å². The van der Waals surface area contributed by atoms with E-state index in [0.717, 1.165) is 16.7 Å². The van der Waals surface area contributed by atoms with E-state index in [9.17, 15) is 0 Å². The van der Waals surface area contributed by atoms with Crippen LogP contribution in [0.3, 0.4) is 0 Å². The van der Waals surface area contributed by atoms with E-state index < -0.39 is 5.79 Å². The minimum absolute atomic E-state index is 0.0725. The molecule has 1 N–H and O–H groups in total. The van der Waals surface area contributed by atoms with Crippen LogP contribution in [0.2, 0.25) is 0 Å². The van der Waals surface area contributed by atoms with Crippen molar-refractivity contribution in [3.8, 4) is 0 Å². The van der Waals surface area contributed by atoms with Crippen LogP contribution >= 0.6 is 0 Å². The van der Waals surface area contributed by atoms with Crippen molar-refractivity contribution in [3.63, 3.8) is 0 Å². The molecule has 1 aliphatic rings. The SMILES string of the molecule is CC1(C)OCC(CNc2ccc3ccccc3n2)O1. The normalized spacial score (nSPS) is 21.7. The third-order valence-corrected chi connectivity index (χ3v) is 3.18. The highest BCUT2D eigenvalue weighted by Gasteiger charge is 2.32. The van der Waals surface area contributed by atoms with Crippen LogP contribution in [0, 0.1) is 0 Å². The molecule has 0 saturated carbocycles. The highest BCUT2D eigenvalue weighted by molar-refractivity contribution is 5.80. The second-order valence-corrected chi connectivity index (χ2v) is 5.22. The number of anilines is 1. The van der Waals surface area contributed by atoms with Gasteiger partial charge in [0, 0.05) is 11.9 Å². The van der Waals surface area contributed by atoms with Gasteiger partial charge in [0.05, 0.1) is 12.1 Å². The third kappa shape index (κ3) is 2.85. The molecule has 0 amide bonds. The largest absolute Gasteiger partial charge is 0.367 e. The zero-order valence-electron chi connectivity index (χ0n) is 11.2. The molecule has 0 bridgehead atoms. The van der Waals surface area contributed by atoms with Crippen LogP contribution in [0.5, 0.6) is 0 Å². The van der Waals surface area contributed by atoms with E-state index in [1.54, 1.807) is 0 Å². The summed E-state index contributed by atoms with van der Waals surface area (Å²) in [5, 5.41) is 4.45. The summed E-state index contributed by atoms with van der Waals surface area (Å²) in [4.78, 5) is 4.57. The number of fused-ring (bicyclic) bond motifs is 1. The van der Waals surface area contributed by atoms with Crippen molar-refractivity contribution in [1.82, 2.24) is 4.98 Å². The van der Waals surface area contributed by atoms with E-state index >= 15 is 0 Å². The van der Waals surface area contributed by atoms with Crippen LogP contribution in [0.25, 0.3) is 10.9 Å². The number of ether oxygens (including phenoxy) is 2. The summed E-state index contributed by atoms with van der Waals surface area (Å²) >= 11 is 0. The Morgan fingerprint density at radius 1 is 1.26 bits per heavy atom. The van der Waals surface area contributed by atoms with Gasteiger partial charge in [0.25, 0.3) is 0 Å². The van der Waals surface area contributed by atoms with Crippen LogP contribution in [-0.4, -0.2) is 30.0 Å². The van der Waals surface area contributed by atoms with E-state index in [1.165, 1.54) is 0 Å². The summed E-state index contributed by atoms with van der Waals surface area (Å²) in [5.74, 6) is 0.399. The lowest BCUT2D eigenvalue weighted by Gasteiger charge is -2.17. The van der Waals surface area contributed by atoms with Crippen molar-refractivity contribution >= 4 is 16.7 Å². The molecule has 3 rings (SSSR count). The molecule has 0 radical (unpaired) electrons. The first-order valence-electron chi connectivity index (χ1n) is 6.54. The Bertz CT molecular complexity index is 583. The average molecular weight is 258 g/mol. The number of pyridine rings is 1. The lowest BCUT2D eigenvalue weighted by molar-refractivity contribution is -0.136. The van der Waals surface area contributed by atoms with Crippen LogP contribution in [-0.2, 0) is 9.47 Å². The second-order valence-electron chi connectivity index (χ2n) is 5.22. The molecule has 4 nitrogen and oxygen atoms in total. The van der Waals surface area contributed by atoms with Crippen LogP contribution < -0.4 is 5.32 Å². The molecule has 1 saturated heterocycles. The number of hydrogen-bond acceptors (Lipinski definition) is 4. The molecule has 1 fully saturated rings. The van der Waals surface area contributed by atoms with Gasteiger partial charge in [0.1, 0.15) is 11.9 Å². The van der Waals surface area contributed by atoms with Crippen LogP contribution in [0.1, 0.15) is 13.8 Å². The third-order valence-electron chi connectivity index (χ3n) is 3.18. The maximum Gasteiger partial charge on any atom is 0.163 e. The smallest absolute Gasteiger partial charge is 0.163 e. The molecule has 0 aliphatic carbocycles. The molecule has 1 aromatic heterocycles. The molecule has 1 aromatic carbocycles. The Morgan fingerprint density at radius 3 is 2.89 bits per heavy atom. The highest BCUT2D eigenvalue weighted by atomic mass is 16.7. The molecule has 19 heavy (non-hydrogen) atoms. The van der Waals surface area contributed by atoms with Gasteiger partial charge in [0.15, 0.2) is 5.79 Å². The van der Waals surface area contributed by atoms with Gasteiger partial charge in [-0.1, -0.05) is 18.2 Å². The van der Waals surface area contributed by atoms with Gasteiger partial charge in [-0.2, -0.15) is 0 Å². The minimum Gasteiger partial charge on any atom is -0.367 e. The number of para-hydroxylation sites is 1. The molecule has 4 heteroatoms. The van der Waals surface area contributed by atoms with Crippen molar-refractivity contribution in [3.05, 3.63) is 36.4 Å². The summed E-state index contributed by atoms with van der Waals surface area (Å²) in [5.41, 5.74) is 0.997. The number of hydrogen-bond donors (Lipinski definition) is 1. The molecular weight excluding hydrogens is 240 g/mol. The topological polar surface area (TPSA) is 43.4 Å². The summed E-state index contributed by atoms with van der Waals surface area (Å²) in [7, 11) is 0. The van der Waals surface area contributed by atoms with E-state index in [2.05, 4.69) is 22.4 Å². The standard InChI is InChI=1S/C15H18N2O2/c1-15(2)18-10-12(19-15)9-16-14-8-7-11-5-3-4-6-13(11)17-14/h3-8,12H,9-10H2,1-2H3,(H,16,17). The fraction of sp³-hybridized carbons (Fsp3) is 0.400. The van der Waals surface area contributed by atoms with Gasteiger partial charge in [-0.3, -0.25) is 0 Å². The van der Waals surface area contributed by atoms with Crippen LogP contribution in [0.4, 0.5) is 5.82 Å². The molecular formula is C15H18N2O2. The van der Waals surface area contributed by atoms with Gasteiger partial charge in [0.2, 0.25) is 0 Å². The average Bonchev–Trinajstić information content (AvgIpc) is 2.76. The Labute approximate surface area is 112 Å². The monoisotopic (exact) mass is 258 g/mol. The predicted octanol–water partition coefficient (Wildman–Crippen LogP) is 2.80. The molecule has 2 aromatic rings. The van der Waals surface area contributed by atoms with Crippen molar-refractivity contribution < 1.29 is 9.47 Å². The quantitative estimate of drug-likeness (QED) is 0.919. The Hall–Kier alpha value is -1.65. The summed E-state index contributed by atoms with van der Waals surface area (Å²) in [6.07, 6.45) is 0.0725. The number of nitrogens with zero attached hydrogens (tertiary/aromatic N) is 1. The lowest BCUT2D eigenvalue weighted by Crippen LogP contribution is -2.26. The Kier molecular flexibility index (Phi) is 3.12. The molecule has 1 aliphatic heterocycles. The van der Waals surface area contributed by atoms with E-state index in [4.69, 9.17) is 9.47 Å². The molecule has 100 valence electrons. The van der Waals surface area contributed by atoms with Crippen molar-refractivity contribution in [1.29, 1.82) is 0 Å². The fourth-order valence-corrected chi connectivity index (χ4v) is 2.25. The molecule has 1 unspecified atom stereocenters. The molecule has 2 heterocycles. The second kappa shape index (κ2) is 4.79. The van der Waals surface area contributed by atoms with Crippen molar-refractivity contribution in [2.45, 2.75) is 25.7 Å². The van der Waals surface area contributed by atoms with Gasteiger partial charge in [-0.15, -0.1) is 0 Å². The maximum atomic E-state index is 5.75. The van der Waals surface area contributed by atoms with E-state index in [1.807, 2.05) is 38.1 Å².